The zero-order valence-corrected chi connectivity index (χ0v) is 20.7. The minimum atomic E-state index is -0.659. The molecule has 31 heavy (non-hydrogen) atoms. The van der Waals surface area contributed by atoms with Gasteiger partial charge >= 0.3 is 5.97 Å². The maximum atomic E-state index is 10.4. The highest BCUT2D eigenvalue weighted by atomic mass is 16.4. The van der Waals surface area contributed by atoms with Gasteiger partial charge < -0.3 is 5.11 Å². The Morgan fingerprint density at radius 2 is 0.871 bits per heavy atom. The van der Waals surface area contributed by atoms with Crippen molar-refractivity contribution in [2.45, 2.75) is 142 Å². The molecule has 0 fully saturated rings. The van der Waals surface area contributed by atoms with Crippen molar-refractivity contribution in [3.8, 4) is 0 Å². The first-order chi connectivity index (χ1) is 15.3. The van der Waals surface area contributed by atoms with E-state index < -0.39 is 5.97 Å². The first-order valence-corrected chi connectivity index (χ1v) is 13.4. The molecule has 0 saturated heterocycles. The van der Waals surface area contributed by atoms with Gasteiger partial charge in [-0.05, 0) is 44.9 Å². The Bertz CT molecular complexity index is 448. The van der Waals surface area contributed by atoms with Crippen LogP contribution >= 0.6 is 0 Å². The summed E-state index contributed by atoms with van der Waals surface area (Å²) in [4.78, 5) is 10.4. The number of carbonyl (C=O) groups is 1. The van der Waals surface area contributed by atoms with E-state index in [1.54, 1.807) is 0 Å². The van der Waals surface area contributed by atoms with Gasteiger partial charge in [0.2, 0.25) is 0 Å². The van der Waals surface area contributed by atoms with Gasteiger partial charge in [0, 0.05) is 6.42 Å². The highest BCUT2D eigenvalue weighted by Crippen LogP contribution is 2.12. The molecular weight excluding hydrogens is 380 g/mol. The summed E-state index contributed by atoms with van der Waals surface area (Å²) in [6, 6.07) is 0. The highest BCUT2D eigenvalue weighted by Gasteiger charge is 1.96. The first-order valence-electron chi connectivity index (χ1n) is 13.4. The predicted molar refractivity (Wildman–Crippen MR) is 138 cm³/mol. The summed E-state index contributed by atoms with van der Waals surface area (Å²) in [7, 11) is 0. The van der Waals surface area contributed by atoms with Crippen LogP contribution in [0.3, 0.4) is 0 Å². The van der Waals surface area contributed by atoms with Crippen molar-refractivity contribution >= 4 is 5.97 Å². The van der Waals surface area contributed by atoms with Gasteiger partial charge in [0.15, 0.2) is 0 Å². The molecule has 0 aromatic rings. The fourth-order valence-electron chi connectivity index (χ4n) is 3.77. The lowest BCUT2D eigenvalue weighted by Gasteiger charge is -2.01. The fourth-order valence-corrected chi connectivity index (χ4v) is 3.77. The SMILES string of the molecule is CCCCCCCCC=CCC=CCC=CCCCCCCCCCCCCC(=O)O. The molecular formula is C29H52O2. The molecule has 0 aromatic carbocycles. The molecule has 0 aliphatic carbocycles. The molecule has 0 amide bonds. The molecule has 0 heterocycles. The standard InChI is InChI=1S/C29H52O2/c1-2-3-4-5-6-7-8-9-10-11-12-13-14-15-16-17-18-19-20-21-22-23-24-25-26-27-28-29(30)31/h9-10,12-13,15-16H,2-8,11,14,17-28H2,1H3,(H,30,31). The van der Waals surface area contributed by atoms with Crippen LogP contribution in [-0.4, -0.2) is 11.1 Å². The number of hydrogen-bond acceptors (Lipinski definition) is 1. The Balaban J connectivity index is 3.23. The van der Waals surface area contributed by atoms with Crippen LogP contribution in [0.2, 0.25) is 0 Å². The molecule has 0 bridgehead atoms. The van der Waals surface area contributed by atoms with Crippen molar-refractivity contribution in [2.24, 2.45) is 0 Å². The van der Waals surface area contributed by atoms with Crippen LogP contribution in [0.25, 0.3) is 0 Å². The largest absolute Gasteiger partial charge is 0.481 e. The highest BCUT2D eigenvalue weighted by molar-refractivity contribution is 5.66. The molecule has 0 saturated carbocycles. The average Bonchev–Trinajstić information content (AvgIpc) is 2.76. The number of carboxylic acids is 1. The minimum Gasteiger partial charge on any atom is -0.481 e. The van der Waals surface area contributed by atoms with E-state index in [9.17, 15) is 4.79 Å². The van der Waals surface area contributed by atoms with Crippen LogP contribution in [0.4, 0.5) is 0 Å². The topological polar surface area (TPSA) is 37.3 Å². The van der Waals surface area contributed by atoms with Gasteiger partial charge in [-0.15, -0.1) is 0 Å². The first kappa shape index (κ1) is 29.7. The van der Waals surface area contributed by atoms with Gasteiger partial charge in [0.05, 0.1) is 0 Å². The molecule has 0 spiro atoms. The number of unbranched alkanes of at least 4 members (excludes halogenated alkanes) is 16. The lowest BCUT2D eigenvalue weighted by molar-refractivity contribution is -0.137. The second-order valence-electron chi connectivity index (χ2n) is 8.91. The second kappa shape index (κ2) is 26.7. The summed E-state index contributed by atoms with van der Waals surface area (Å²) < 4.78 is 0. The van der Waals surface area contributed by atoms with E-state index in [0.717, 1.165) is 25.7 Å². The molecule has 0 aromatic heterocycles. The van der Waals surface area contributed by atoms with Crippen LogP contribution in [0.5, 0.6) is 0 Å². The molecule has 0 radical (unpaired) electrons. The van der Waals surface area contributed by atoms with Crippen molar-refractivity contribution in [3.05, 3.63) is 36.5 Å². The van der Waals surface area contributed by atoms with Crippen LogP contribution in [0, 0.1) is 0 Å². The van der Waals surface area contributed by atoms with Crippen molar-refractivity contribution in [1.82, 2.24) is 0 Å². The normalized spacial score (nSPS) is 12.0. The summed E-state index contributed by atoms with van der Waals surface area (Å²) in [6.07, 6.45) is 39.5. The third kappa shape index (κ3) is 28.7. The number of allylic oxidation sites excluding steroid dienone is 6. The molecule has 0 atom stereocenters. The van der Waals surface area contributed by atoms with E-state index >= 15 is 0 Å². The Morgan fingerprint density at radius 3 is 1.29 bits per heavy atom. The molecule has 0 rings (SSSR count). The van der Waals surface area contributed by atoms with Crippen LogP contribution in [0.1, 0.15) is 142 Å². The summed E-state index contributed by atoms with van der Waals surface area (Å²) >= 11 is 0. The van der Waals surface area contributed by atoms with Gasteiger partial charge in [0.1, 0.15) is 0 Å². The molecule has 0 aliphatic heterocycles. The number of aliphatic carboxylic acids is 1. The van der Waals surface area contributed by atoms with Crippen LogP contribution in [-0.2, 0) is 4.79 Å². The van der Waals surface area contributed by atoms with Crippen molar-refractivity contribution in [1.29, 1.82) is 0 Å². The van der Waals surface area contributed by atoms with E-state index in [2.05, 4.69) is 43.4 Å². The van der Waals surface area contributed by atoms with Gasteiger partial charge in [-0.25, -0.2) is 0 Å². The average molecular weight is 433 g/mol. The van der Waals surface area contributed by atoms with E-state index in [-0.39, 0.29) is 0 Å². The van der Waals surface area contributed by atoms with Gasteiger partial charge in [-0.1, -0.05) is 127 Å². The van der Waals surface area contributed by atoms with E-state index in [4.69, 9.17) is 5.11 Å². The molecule has 0 unspecified atom stereocenters. The Hall–Kier alpha value is -1.31. The maximum Gasteiger partial charge on any atom is 0.303 e. The molecule has 2 nitrogen and oxygen atoms in total. The number of carboxylic acid groups (broad SMARTS) is 1. The fraction of sp³-hybridized carbons (Fsp3) is 0.759. The summed E-state index contributed by atoms with van der Waals surface area (Å²) in [5.74, 6) is -0.659. The van der Waals surface area contributed by atoms with Crippen LogP contribution < -0.4 is 0 Å². The van der Waals surface area contributed by atoms with Crippen molar-refractivity contribution < 1.29 is 9.90 Å². The quantitative estimate of drug-likeness (QED) is 0.122. The smallest absolute Gasteiger partial charge is 0.303 e. The van der Waals surface area contributed by atoms with Crippen molar-refractivity contribution in [3.63, 3.8) is 0 Å². The minimum absolute atomic E-state index is 0.335. The molecule has 180 valence electrons. The third-order valence-corrected chi connectivity index (χ3v) is 5.78. The van der Waals surface area contributed by atoms with Gasteiger partial charge in [-0.2, -0.15) is 0 Å². The summed E-state index contributed by atoms with van der Waals surface area (Å²) in [6.45, 7) is 2.27. The monoisotopic (exact) mass is 432 g/mol. The molecule has 0 aliphatic rings. The Kier molecular flexibility index (Phi) is 25.6. The van der Waals surface area contributed by atoms with E-state index in [1.807, 2.05) is 0 Å². The molecule has 2 heteroatoms. The maximum absolute atomic E-state index is 10.4. The van der Waals surface area contributed by atoms with Crippen molar-refractivity contribution in [2.75, 3.05) is 0 Å². The van der Waals surface area contributed by atoms with Gasteiger partial charge in [-0.3, -0.25) is 4.79 Å². The lowest BCUT2D eigenvalue weighted by atomic mass is 10.1. The van der Waals surface area contributed by atoms with Gasteiger partial charge in [0.25, 0.3) is 0 Å². The zero-order valence-electron chi connectivity index (χ0n) is 20.7. The summed E-state index contributed by atoms with van der Waals surface area (Å²) in [5, 5.41) is 8.59. The van der Waals surface area contributed by atoms with Crippen LogP contribution in [0.15, 0.2) is 36.5 Å². The number of rotatable bonds is 24. The van der Waals surface area contributed by atoms with E-state index in [1.165, 1.54) is 103 Å². The summed E-state index contributed by atoms with van der Waals surface area (Å²) in [5.41, 5.74) is 0. The number of hydrogen-bond donors (Lipinski definition) is 1. The predicted octanol–water partition coefficient (Wildman–Crippen LogP) is 9.95. The molecule has 1 N–H and O–H groups in total. The zero-order chi connectivity index (χ0) is 22.7. The lowest BCUT2D eigenvalue weighted by Crippen LogP contribution is -1.93. The second-order valence-corrected chi connectivity index (χ2v) is 8.91. The van der Waals surface area contributed by atoms with E-state index in [0.29, 0.717) is 6.42 Å². The third-order valence-electron chi connectivity index (χ3n) is 5.78. The Morgan fingerprint density at radius 1 is 0.516 bits per heavy atom. The Labute approximate surface area is 194 Å².